The third-order valence-corrected chi connectivity index (χ3v) is 3.69. The van der Waals surface area contributed by atoms with Crippen molar-refractivity contribution in [2.24, 2.45) is 0 Å². The van der Waals surface area contributed by atoms with Crippen molar-refractivity contribution in [3.05, 3.63) is 0 Å². The maximum atomic E-state index is 11.6. The molecule has 5 heteroatoms. The molecule has 0 unspecified atom stereocenters. The molecule has 0 aromatic carbocycles. The van der Waals surface area contributed by atoms with E-state index in [9.17, 15) is 4.79 Å². The van der Waals surface area contributed by atoms with Gasteiger partial charge in [0.25, 0.3) is 0 Å². The van der Waals surface area contributed by atoms with Gasteiger partial charge in [-0.1, -0.05) is 0 Å². The van der Waals surface area contributed by atoms with Crippen molar-refractivity contribution in [1.82, 2.24) is 15.5 Å². The molecule has 0 saturated carbocycles. The first-order valence-electron chi connectivity index (χ1n) is 7.24. The molecule has 1 amide bonds. The predicted octanol–water partition coefficient (Wildman–Crippen LogP) is 0.602. The highest BCUT2D eigenvalue weighted by atomic mass is 16.5. The van der Waals surface area contributed by atoms with Crippen LogP contribution in [0.5, 0.6) is 0 Å². The van der Waals surface area contributed by atoms with E-state index in [1.165, 1.54) is 0 Å². The van der Waals surface area contributed by atoms with Gasteiger partial charge in [-0.3, -0.25) is 4.79 Å². The van der Waals surface area contributed by atoms with E-state index in [0.29, 0.717) is 6.04 Å². The number of unbranched alkanes of at least 4 members (excludes halogenated alkanes) is 1. The van der Waals surface area contributed by atoms with Crippen LogP contribution in [0.4, 0.5) is 0 Å². The number of hydrogen-bond acceptors (Lipinski definition) is 4. The smallest absolute Gasteiger partial charge is 0.246 e. The number of nitrogens with one attached hydrogen (secondary N) is 2. The fraction of sp³-hybridized carbons (Fsp3) is 0.929. The average Bonchev–Trinajstić information content (AvgIpc) is 2.33. The summed E-state index contributed by atoms with van der Waals surface area (Å²) in [6, 6.07) is 0.583. The third kappa shape index (κ3) is 6.36. The standard InChI is InChI=1S/C14H29N3O2/c1-12(2)17(4)8-6-5-7-16-13(18)9-19-14(3)10-15-11-14/h12,15H,5-11H2,1-4H3,(H,16,18). The predicted molar refractivity (Wildman–Crippen MR) is 77.2 cm³/mol. The normalized spacial score (nSPS) is 17.6. The fourth-order valence-corrected chi connectivity index (χ4v) is 1.84. The fourth-order valence-electron chi connectivity index (χ4n) is 1.84. The van der Waals surface area contributed by atoms with E-state index in [4.69, 9.17) is 4.74 Å². The molecule has 19 heavy (non-hydrogen) atoms. The minimum absolute atomic E-state index is 0.00895. The van der Waals surface area contributed by atoms with Gasteiger partial charge in [0.15, 0.2) is 0 Å². The number of carbonyl (C=O) groups is 1. The van der Waals surface area contributed by atoms with Crippen LogP contribution in [0.2, 0.25) is 0 Å². The quantitative estimate of drug-likeness (QED) is 0.603. The number of carbonyl (C=O) groups excluding carboxylic acids is 1. The van der Waals surface area contributed by atoms with Crippen LogP contribution in [0.3, 0.4) is 0 Å². The third-order valence-electron chi connectivity index (χ3n) is 3.69. The highest BCUT2D eigenvalue weighted by Crippen LogP contribution is 2.14. The molecule has 0 aliphatic carbocycles. The van der Waals surface area contributed by atoms with Crippen molar-refractivity contribution in [2.75, 3.05) is 39.8 Å². The van der Waals surface area contributed by atoms with Crippen molar-refractivity contribution in [1.29, 1.82) is 0 Å². The molecule has 2 N–H and O–H groups in total. The van der Waals surface area contributed by atoms with E-state index >= 15 is 0 Å². The lowest BCUT2D eigenvalue weighted by Crippen LogP contribution is -2.59. The van der Waals surface area contributed by atoms with Gasteiger partial charge in [-0.25, -0.2) is 0 Å². The summed E-state index contributed by atoms with van der Waals surface area (Å²) in [6.07, 6.45) is 2.12. The topological polar surface area (TPSA) is 53.6 Å². The molecule has 0 atom stereocenters. The summed E-state index contributed by atoms with van der Waals surface area (Å²) in [5.41, 5.74) is -0.142. The van der Waals surface area contributed by atoms with Crippen molar-refractivity contribution in [3.8, 4) is 0 Å². The molecule has 1 heterocycles. The maximum absolute atomic E-state index is 11.6. The van der Waals surface area contributed by atoms with E-state index in [-0.39, 0.29) is 18.1 Å². The first-order valence-corrected chi connectivity index (χ1v) is 7.24. The van der Waals surface area contributed by atoms with E-state index in [1.54, 1.807) is 0 Å². The summed E-state index contributed by atoms with van der Waals surface area (Å²) >= 11 is 0. The summed E-state index contributed by atoms with van der Waals surface area (Å²) in [5.74, 6) is -0.00895. The van der Waals surface area contributed by atoms with Crippen LogP contribution in [-0.4, -0.2) is 62.3 Å². The Labute approximate surface area is 117 Å². The van der Waals surface area contributed by atoms with Crippen molar-refractivity contribution in [3.63, 3.8) is 0 Å². The van der Waals surface area contributed by atoms with E-state index in [0.717, 1.165) is 39.0 Å². The van der Waals surface area contributed by atoms with E-state index < -0.39 is 0 Å². The average molecular weight is 271 g/mol. The van der Waals surface area contributed by atoms with Crippen LogP contribution in [-0.2, 0) is 9.53 Å². The van der Waals surface area contributed by atoms with E-state index in [1.807, 2.05) is 6.92 Å². The van der Waals surface area contributed by atoms with Gasteiger partial charge in [0.2, 0.25) is 5.91 Å². The van der Waals surface area contributed by atoms with Crippen LogP contribution in [0.25, 0.3) is 0 Å². The van der Waals surface area contributed by atoms with Crippen LogP contribution >= 0.6 is 0 Å². The lowest BCUT2D eigenvalue weighted by atomic mass is 10.0. The molecule has 1 aliphatic rings. The highest BCUT2D eigenvalue weighted by Gasteiger charge is 2.32. The second-order valence-electron chi connectivity index (χ2n) is 5.97. The first-order chi connectivity index (χ1) is 8.93. The van der Waals surface area contributed by atoms with Crippen molar-refractivity contribution >= 4 is 5.91 Å². The van der Waals surface area contributed by atoms with Gasteiger partial charge in [0, 0.05) is 25.7 Å². The molecule has 1 fully saturated rings. The zero-order valence-corrected chi connectivity index (χ0v) is 12.8. The van der Waals surface area contributed by atoms with Crippen LogP contribution in [0, 0.1) is 0 Å². The molecule has 112 valence electrons. The largest absolute Gasteiger partial charge is 0.363 e. The lowest BCUT2D eigenvalue weighted by molar-refractivity contribution is -0.135. The zero-order valence-electron chi connectivity index (χ0n) is 12.8. The Morgan fingerprint density at radius 3 is 2.63 bits per heavy atom. The van der Waals surface area contributed by atoms with Gasteiger partial charge in [-0.2, -0.15) is 0 Å². The van der Waals surface area contributed by atoms with Crippen LogP contribution < -0.4 is 10.6 Å². The molecule has 1 aliphatic heterocycles. The Morgan fingerprint density at radius 2 is 2.11 bits per heavy atom. The minimum Gasteiger partial charge on any atom is -0.363 e. The molecule has 5 nitrogen and oxygen atoms in total. The molecule has 1 saturated heterocycles. The molecule has 1 rings (SSSR count). The second kappa shape index (κ2) is 7.82. The molecule has 0 radical (unpaired) electrons. The monoisotopic (exact) mass is 271 g/mol. The minimum atomic E-state index is -0.142. The Bertz CT molecular complexity index is 278. The summed E-state index contributed by atoms with van der Waals surface area (Å²) in [4.78, 5) is 13.9. The number of nitrogens with zero attached hydrogens (tertiary/aromatic N) is 1. The van der Waals surface area contributed by atoms with Gasteiger partial charge in [0.1, 0.15) is 6.61 Å². The Hall–Kier alpha value is -0.650. The Kier molecular flexibility index (Phi) is 6.75. The molecule has 0 spiro atoms. The van der Waals surface area contributed by atoms with Gasteiger partial charge in [-0.05, 0) is 47.2 Å². The maximum Gasteiger partial charge on any atom is 0.246 e. The molecule has 0 bridgehead atoms. The first kappa shape index (κ1) is 16.4. The summed E-state index contributed by atoms with van der Waals surface area (Å²) in [6.45, 7) is 10.1. The van der Waals surface area contributed by atoms with Crippen molar-refractivity contribution < 1.29 is 9.53 Å². The highest BCUT2D eigenvalue weighted by molar-refractivity contribution is 5.77. The molecular weight excluding hydrogens is 242 g/mol. The lowest BCUT2D eigenvalue weighted by Gasteiger charge is -2.38. The number of hydrogen-bond donors (Lipinski definition) is 2. The van der Waals surface area contributed by atoms with Gasteiger partial charge < -0.3 is 20.3 Å². The van der Waals surface area contributed by atoms with E-state index in [2.05, 4.69) is 36.4 Å². The summed E-state index contributed by atoms with van der Waals surface area (Å²) < 4.78 is 5.57. The zero-order chi connectivity index (χ0) is 14.3. The van der Waals surface area contributed by atoms with Crippen LogP contribution in [0.15, 0.2) is 0 Å². The van der Waals surface area contributed by atoms with Gasteiger partial charge in [0.05, 0.1) is 5.60 Å². The van der Waals surface area contributed by atoms with Crippen LogP contribution in [0.1, 0.15) is 33.6 Å². The number of rotatable bonds is 9. The Morgan fingerprint density at radius 1 is 1.42 bits per heavy atom. The summed E-state index contributed by atoms with van der Waals surface area (Å²) in [5, 5.41) is 6.05. The number of amides is 1. The summed E-state index contributed by atoms with van der Waals surface area (Å²) in [7, 11) is 2.13. The second-order valence-corrected chi connectivity index (χ2v) is 5.97. The molecular formula is C14H29N3O2. The molecule has 0 aromatic rings. The van der Waals surface area contributed by atoms with Crippen molar-refractivity contribution in [2.45, 2.75) is 45.3 Å². The van der Waals surface area contributed by atoms with Gasteiger partial charge in [-0.15, -0.1) is 0 Å². The number of ether oxygens (including phenoxy) is 1. The van der Waals surface area contributed by atoms with Gasteiger partial charge >= 0.3 is 0 Å². The molecule has 0 aromatic heterocycles. The SMILES string of the molecule is CC(C)N(C)CCCCNC(=O)COC1(C)CNC1. The Balaban J connectivity index is 1.95.